The largest absolute Gasteiger partial charge is 0.339 e. The standard InChI is InChI=1S/C13H16INO/c1-3-9-15(11(2)16)10-8-12-6-4-5-7-13(12)14/h3-7H,1,8-10H2,2H3. The summed E-state index contributed by atoms with van der Waals surface area (Å²) < 4.78 is 1.25. The Bertz CT molecular complexity index is 376. The van der Waals surface area contributed by atoms with Crippen molar-refractivity contribution in [2.24, 2.45) is 0 Å². The van der Waals surface area contributed by atoms with Crippen molar-refractivity contribution in [2.75, 3.05) is 13.1 Å². The number of benzene rings is 1. The van der Waals surface area contributed by atoms with Gasteiger partial charge < -0.3 is 4.90 Å². The van der Waals surface area contributed by atoms with Gasteiger partial charge in [-0.3, -0.25) is 4.79 Å². The average Bonchev–Trinajstić information content (AvgIpc) is 2.26. The Kier molecular flexibility index (Phi) is 5.52. The van der Waals surface area contributed by atoms with Crippen LogP contribution >= 0.6 is 22.6 Å². The Morgan fingerprint density at radius 1 is 1.50 bits per heavy atom. The van der Waals surface area contributed by atoms with Crippen LogP contribution in [-0.2, 0) is 11.2 Å². The molecular formula is C13H16INO. The monoisotopic (exact) mass is 329 g/mol. The first kappa shape index (κ1) is 13.2. The van der Waals surface area contributed by atoms with Crippen LogP contribution in [0.2, 0.25) is 0 Å². The van der Waals surface area contributed by atoms with Crippen molar-refractivity contribution in [1.29, 1.82) is 0 Å². The first-order valence-electron chi connectivity index (χ1n) is 5.25. The molecule has 3 heteroatoms. The molecule has 1 aromatic carbocycles. The van der Waals surface area contributed by atoms with Gasteiger partial charge in [-0.25, -0.2) is 0 Å². The van der Waals surface area contributed by atoms with Crippen LogP contribution in [-0.4, -0.2) is 23.9 Å². The predicted octanol–water partition coefficient (Wildman–Crippen LogP) is 2.87. The van der Waals surface area contributed by atoms with E-state index < -0.39 is 0 Å². The molecule has 0 N–H and O–H groups in total. The van der Waals surface area contributed by atoms with E-state index in [0.717, 1.165) is 13.0 Å². The zero-order valence-corrected chi connectivity index (χ0v) is 11.6. The minimum Gasteiger partial charge on any atom is -0.339 e. The molecule has 1 amide bonds. The maximum absolute atomic E-state index is 11.3. The van der Waals surface area contributed by atoms with Crippen molar-refractivity contribution >= 4 is 28.5 Å². The van der Waals surface area contributed by atoms with E-state index in [1.165, 1.54) is 9.13 Å². The van der Waals surface area contributed by atoms with Crippen molar-refractivity contribution < 1.29 is 4.79 Å². The topological polar surface area (TPSA) is 20.3 Å². The summed E-state index contributed by atoms with van der Waals surface area (Å²) in [6.07, 6.45) is 2.66. The molecule has 0 saturated heterocycles. The maximum Gasteiger partial charge on any atom is 0.219 e. The first-order valence-corrected chi connectivity index (χ1v) is 6.33. The maximum atomic E-state index is 11.3. The molecule has 2 nitrogen and oxygen atoms in total. The molecule has 16 heavy (non-hydrogen) atoms. The number of hydrogen-bond acceptors (Lipinski definition) is 1. The lowest BCUT2D eigenvalue weighted by Crippen LogP contribution is -2.31. The van der Waals surface area contributed by atoms with Gasteiger partial charge in [-0.1, -0.05) is 24.3 Å². The molecule has 0 aliphatic carbocycles. The smallest absolute Gasteiger partial charge is 0.219 e. The highest BCUT2D eigenvalue weighted by Crippen LogP contribution is 2.12. The van der Waals surface area contributed by atoms with Gasteiger partial charge in [-0.05, 0) is 40.6 Å². The van der Waals surface area contributed by atoms with Gasteiger partial charge in [0.1, 0.15) is 0 Å². The molecule has 86 valence electrons. The zero-order chi connectivity index (χ0) is 12.0. The third-order valence-electron chi connectivity index (χ3n) is 2.40. The molecule has 0 heterocycles. The summed E-state index contributed by atoms with van der Waals surface area (Å²) in [6.45, 7) is 6.63. The Balaban J connectivity index is 2.58. The molecule has 0 bridgehead atoms. The van der Waals surface area contributed by atoms with Crippen LogP contribution in [0.4, 0.5) is 0 Å². The van der Waals surface area contributed by atoms with Gasteiger partial charge in [-0.15, -0.1) is 6.58 Å². The minimum absolute atomic E-state index is 0.103. The quantitative estimate of drug-likeness (QED) is 0.601. The van der Waals surface area contributed by atoms with Crippen LogP contribution in [0.25, 0.3) is 0 Å². The number of nitrogens with zero attached hydrogens (tertiary/aromatic N) is 1. The summed E-state index contributed by atoms with van der Waals surface area (Å²) in [5.74, 6) is 0.103. The zero-order valence-electron chi connectivity index (χ0n) is 9.45. The molecule has 1 rings (SSSR count). The predicted molar refractivity (Wildman–Crippen MR) is 75.3 cm³/mol. The molecule has 0 unspecified atom stereocenters. The number of halogens is 1. The SMILES string of the molecule is C=CCN(CCc1ccccc1I)C(C)=O. The summed E-state index contributed by atoms with van der Waals surface area (Å²) in [7, 11) is 0. The lowest BCUT2D eigenvalue weighted by Gasteiger charge is -2.19. The Labute approximate surface area is 110 Å². The molecule has 1 aromatic rings. The molecule has 0 aliphatic heterocycles. The van der Waals surface area contributed by atoms with Crippen LogP contribution < -0.4 is 0 Å². The van der Waals surface area contributed by atoms with Crippen molar-refractivity contribution in [3.8, 4) is 0 Å². The summed E-state index contributed by atoms with van der Waals surface area (Å²) in [4.78, 5) is 13.1. The highest BCUT2D eigenvalue weighted by Gasteiger charge is 2.07. The van der Waals surface area contributed by atoms with Gasteiger partial charge in [0.05, 0.1) is 0 Å². The molecule has 0 aromatic heterocycles. The molecule has 0 aliphatic rings. The van der Waals surface area contributed by atoms with Gasteiger partial charge in [0.2, 0.25) is 5.91 Å². The Morgan fingerprint density at radius 2 is 2.19 bits per heavy atom. The molecule has 0 atom stereocenters. The first-order chi connectivity index (χ1) is 7.65. The summed E-state index contributed by atoms with van der Waals surface area (Å²) in [6, 6.07) is 8.25. The second-order valence-corrected chi connectivity index (χ2v) is 4.76. The second-order valence-electron chi connectivity index (χ2n) is 3.60. The van der Waals surface area contributed by atoms with Crippen LogP contribution in [0.3, 0.4) is 0 Å². The fraction of sp³-hybridized carbons (Fsp3) is 0.308. The van der Waals surface area contributed by atoms with E-state index in [1.807, 2.05) is 12.1 Å². The average molecular weight is 329 g/mol. The van der Waals surface area contributed by atoms with Crippen molar-refractivity contribution in [3.63, 3.8) is 0 Å². The van der Waals surface area contributed by atoms with Gasteiger partial charge >= 0.3 is 0 Å². The van der Waals surface area contributed by atoms with E-state index in [0.29, 0.717) is 6.54 Å². The molecule has 0 fully saturated rings. The third kappa shape index (κ3) is 3.96. The number of hydrogen-bond donors (Lipinski definition) is 0. The van der Waals surface area contributed by atoms with E-state index >= 15 is 0 Å². The fourth-order valence-electron chi connectivity index (χ4n) is 1.49. The fourth-order valence-corrected chi connectivity index (χ4v) is 2.15. The van der Waals surface area contributed by atoms with E-state index in [2.05, 4.69) is 41.3 Å². The van der Waals surface area contributed by atoms with Gasteiger partial charge in [0.25, 0.3) is 0 Å². The lowest BCUT2D eigenvalue weighted by atomic mass is 10.1. The van der Waals surface area contributed by atoms with E-state index in [-0.39, 0.29) is 5.91 Å². The number of carbonyl (C=O) groups excluding carboxylic acids is 1. The van der Waals surface area contributed by atoms with Gasteiger partial charge in [0.15, 0.2) is 0 Å². The van der Waals surface area contributed by atoms with E-state index in [1.54, 1.807) is 17.9 Å². The van der Waals surface area contributed by atoms with E-state index in [9.17, 15) is 4.79 Å². The van der Waals surface area contributed by atoms with Gasteiger partial charge in [-0.2, -0.15) is 0 Å². The number of rotatable bonds is 5. The number of carbonyl (C=O) groups is 1. The van der Waals surface area contributed by atoms with Crippen molar-refractivity contribution in [1.82, 2.24) is 4.90 Å². The van der Waals surface area contributed by atoms with Crippen molar-refractivity contribution in [2.45, 2.75) is 13.3 Å². The second kappa shape index (κ2) is 6.68. The highest BCUT2D eigenvalue weighted by molar-refractivity contribution is 14.1. The molecule has 0 radical (unpaired) electrons. The molecule has 0 spiro atoms. The van der Waals surface area contributed by atoms with Crippen LogP contribution in [0, 0.1) is 3.57 Å². The lowest BCUT2D eigenvalue weighted by molar-refractivity contribution is -0.128. The van der Waals surface area contributed by atoms with Crippen LogP contribution in [0.5, 0.6) is 0 Å². The highest BCUT2D eigenvalue weighted by atomic mass is 127. The summed E-state index contributed by atoms with van der Waals surface area (Å²) >= 11 is 2.32. The van der Waals surface area contributed by atoms with Gasteiger partial charge in [0, 0.05) is 23.6 Å². The summed E-state index contributed by atoms with van der Waals surface area (Å²) in [5, 5.41) is 0. The van der Waals surface area contributed by atoms with E-state index in [4.69, 9.17) is 0 Å². The summed E-state index contributed by atoms with van der Waals surface area (Å²) in [5.41, 5.74) is 1.29. The van der Waals surface area contributed by atoms with Crippen molar-refractivity contribution in [3.05, 3.63) is 46.1 Å². The Hall–Kier alpha value is -0.840. The Morgan fingerprint density at radius 3 is 2.75 bits per heavy atom. The molecule has 0 saturated carbocycles. The normalized spacial score (nSPS) is 9.88. The number of amides is 1. The van der Waals surface area contributed by atoms with Crippen LogP contribution in [0.1, 0.15) is 12.5 Å². The minimum atomic E-state index is 0.103. The van der Waals surface area contributed by atoms with Crippen LogP contribution in [0.15, 0.2) is 36.9 Å². The third-order valence-corrected chi connectivity index (χ3v) is 3.46. The molecular weight excluding hydrogens is 313 g/mol.